The highest BCUT2D eigenvalue weighted by atomic mass is 32.2. The van der Waals surface area contributed by atoms with Crippen LogP contribution in [0.1, 0.15) is 25.7 Å². The van der Waals surface area contributed by atoms with Crippen LogP contribution in [-0.4, -0.2) is 35.0 Å². The Bertz CT molecular complexity index is 302. The van der Waals surface area contributed by atoms with Crippen LogP contribution in [0.2, 0.25) is 0 Å². The normalized spacial score (nSPS) is 32.6. The number of amides is 1. The topological polar surface area (TPSA) is 66.4 Å². The van der Waals surface area contributed by atoms with Crippen LogP contribution in [0.5, 0.6) is 0 Å². The second-order valence-electron chi connectivity index (χ2n) is 4.96. The van der Waals surface area contributed by atoms with Gasteiger partial charge in [0.05, 0.1) is 11.8 Å². The molecule has 0 aromatic carbocycles. The van der Waals surface area contributed by atoms with E-state index in [9.17, 15) is 9.59 Å². The predicted molar refractivity (Wildman–Crippen MR) is 66.9 cm³/mol. The highest BCUT2D eigenvalue weighted by molar-refractivity contribution is 7.99. The van der Waals surface area contributed by atoms with Crippen molar-refractivity contribution in [2.75, 3.05) is 18.1 Å². The minimum Gasteiger partial charge on any atom is -0.481 e. The van der Waals surface area contributed by atoms with Crippen LogP contribution in [0, 0.1) is 17.8 Å². The highest BCUT2D eigenvalue weighted by Crippen LogP contribution is 2.32. The van der Waals surface area contributed by atoms with E-state index in [1.165, 1.54) is 5.75 Å². The average Bonchev–Trinajstić information content (AvgIpc) is 2.96. The van der Waals surface area contributed by atoms with Crippen molar-refractivity contribution in [2.45, 2.75) is 25.7 Å². The lowest BCUT2D eigenvalue weighted by molar-refractivity contribution is -0.146. The number of nitrogens with one attached hydrogen (secondary N) is 1. The Morgan fingerprint density at radius 3 is 2.65 bits per heavy atom. The summed E-state index contributed by atoms with van der Waals surface area (Å²) in [7, 11) is 0. The van der Waals surface area contributed by atoms with E-state index in [1.807, 2.05) is 11.8 Å². The molecule has 1 aliphatic carbocycles. The summed E-state index contributed by atoms with van der Waals surface area (Å²) in [5.41, 5.74) is 0. The maximum absolute atomic E-state index is 11.9. The second-order valence-corrected chi connectivity index (χ2v) is 6.11. The van der Waals surface area contributed by atoms with Crippen molar-refractivity contribution < 1.29 is 14.7 Å². The molecule has 0 aromatic rings. The number of carboxylic acids is 1. The van der Waals surface area contributed by atoms with Crippen molar-refractivity contribution in [3.05, 3.63) is 0 Å². The first-order valence-electron chi connectivity index (χ1n) is 6.26. The van der Waals surface area contributed by atoms with Crippen molar-refractivity contribution in [3.63, 3.8) is 0 Å². The molecule has 2 N–H and O–H groups in total. The molecular formula is C12H19NO3S. The molecule has 2 aliphatic rings. The average molecular weight is 257 g/mol. The van der Waals surface area contributed by atoms with E-state index < -0.39 is 11.9 Å². The molecule has 17 heavy (non-hydrogen) atoms. The van der Waals surface area contributed by atoms with Gasteiger partial charge in [-0.25, -0.2) is 0 Å². The number of hydrogen-bond donors (Lipinski definition) is 2. The zero-order chi connectivity index (χ0) is 12.3. The summed E-state index contributed by atoms with van der Waals surface area (Å²) < 4.78 is 0. The molecule has 3 unspecified atom stereocenters. The molecule has 2 rings (SSSR count). The van der Waals surface area contributed by atoms with Gasteiger partial charge in [-0.1, -0.05) is 6.42 Å². The van der Waals surface area contributed by atoms with Gasteiger partial charge in [0.25, 0.3) is 0 Å². The molecule has 1 amide bonds. The molecule has 96 valence electrons. The van der Waals surface area contributed by atoms with Crippen LogP contribution in [-0.2, 0) is 9.59 Å². The molecule has 0 aromatic heterocycles. The fourth-order valence-corrected chi connectivity index (χ4v) is 3.97. The van der Waals surface area contributed by atoms with E-state index >= 15 is 0 Å². The second kappa shape index (κ2) is 5.76. The van der Waals surface area contributed by atoms with Crippen LogP contribution in [0.15, 0.2) is 0 Å². The van der Waals surface area contributed by atoms with E-state index in [0.717, 1.165) is 25.0 Å². The first kappa shape index (κ1) is 12.7. The monoisotopic (exact) mass is 257 g/mol. The zero-order valence-corrected chi connectivity index (χ0v) is 10.7. The van der Waals surface area contributed by atoms with Crippen molar-refractivity contribution in [1.82, 2.24) is 5.32 Å². The Kier molecular flexibility index (Phi) is 4.31. The van der Waals surface area contributed by atoms with E-state index in [4.69, 9.17) is 5.11 Å². The van der Waals surface area contributed by atoms with Crippen molar-refractivity contribution >= 4 is 23.6 Å². The summed E-state index contributed by atoms with van der Waals surface area (Å²) in [6.45, 7) is 0.717. The van der Waals surface area contributed by atoms with E-state index in [2.05, 4.69) is 5.32 Å². The molecule has 1 heterocycles. The van der Waals surface area contributed by atoms with Gasteiger partial charge in [0, 0.05) is 6.54 Å². The van der Waals surface area contributed by atoms with Gasteiger partial charge in [0.1, 0.15) is 0 Å². The number of carboxylic acid groups (broad SMARTS) is 1. The molecule has 1 saturated carbocycles. The van der Waals surface area contributed by atoms with Crippen molar-refractivity contribution in [1.29, 1.82) is 0 Å². The maximum Gasteiger partial charge on any atom is 0.307 e. The summed E-state index contributed by atoms with van der Waals surface area (Å²) in [5, 5.41) is 12.0. The Balaban J connectivity index is 1.80. The number of carbonyl (C=O) groups is 2. The van der Waals surface area contributed by atoms with E-state index in [-0.39, 0.29) is 11.8 Å². The summed E-state index contributed by atoms with van der Waals surface area (Å²) in [6, 6.07) is 0. The molecule has 1 aliphatic heterocycles. The lowest BCUT2D eigenvalue weighted by Gasteiger charge is -2.17. The smallest absolute Gasteiger partial charge is 0.307 e. The Labute approximate surface area is 106 Å². The number of hydrogen-bond acceptors (Lipinski definition) is 3. The SMILES string of the molecule is O=C(O)C1CCCC1C(=O)NCC1CCSC1. The lowest BCUT2D eigenvalue weighted by atomic mass is 9.95. The third-order valence-electron chi connectivity index (χ3n) is 3.76. The standard InChI is InChI=1S/C12H19NO3S/c14-11(13-6-8-4-5-17-7-8)9-2-1-3-10(9)12(15)16/h8-10H,1-7H2,(H,13,14)(H,15,16). The number of carbonyl (C=O) groups excluding carboxylic acids is 1. The Hall–Kier alpha value is -0.710. The molecule has 1 saturated heterocycles. The van der Waals surface area contributed by atoms with Gasteiger partial charge in [-0.05, 0) is 36.7 Å². The first-order valence-corrected chi connectivity index (χ1v) is 7.42. The highest BCUT2D eigenvalue weighted by Gasteiger charge is 2.37. The molecule has 0 spiro atoms. The molecule has 3 atom stereocenters. The third kappa shape index (κ3) is 3.15. The zero-order valence-electron chi connectivity index (χ0n) is 9.85. The molecule has 2 fully saturated rings. The predicted octanol–water partition coefficient (Wildman–Crippen LogP) is 1.36. The summed E-state index contributed by atoms with van der Waals surface area (Å²) in [5.74, 6) is 1.24. The van der Waals surface area contributed by atoms with Crippen LogP contribution in [0.4, 0.5) is 0 Å². The van der Waals surface area contributed by atoms with E-state index in [1.54, 1.807) is 0 Å². The van der Waals surface area contributed by atoms with Gasteiger partial charge in [0.2, 0.25) is 5.91 Å². The van der Waals surface area contributed by atoms with Crippen molar-refractivity contribution in [3.8, 4) is 0 Å². The van der Waals surface area contributed by atoms with Gasteiger partial charge >= 0.3 is 5.97 Å². The fourth-order valence-electron chi connectivity index (χ4n) is 2.69. The molecule has 5 heteroatoms. The van der Waals surface area contributed by atoms with Crippen LogP contribution in [0.25, 0.3) is 0 Å². The summed E-state index contributed by atoms with van der Waals surface area (Å²) in [6.07, 6.45) is 3.39. The van der Waals surface area contributed by atoms with E-state index in [0.29, 0.717) is 18.9 Å². The third-order valence-corrected chi connectivity index (χ3v) is 4.99. The largest absolute Gasteiger partial charge is 0.481 e. The van der Waals surface area contributed by atoms with Crippen LogP contribution in [0.3, 0.4) is 0 Å². The van der Waals surface area contributed by atoms with Gasteiger partial charge in [-0.15, -0.1) is 0 Å². The molecular weight excluding hydrogens is 238 g/mol. The maximum atomic E-state index is 11.9. The number of aliphatic carboxylic acids is 1. The van der Waals surface area contributed by atoms with Gasteiger partial charge in [-0.3, -0.25) is 9.59 Å². The minimum atomic E-state index is -0.820. The van der Waals surface area contributed by atoms with Crippen LogP contribution >= 0.6 is 11.8 Å². The number of thioether (sulfide) groups is 1. The summed E-state index contributed by atoms with van der Waals surface area (Å²) in [4.78, 5) is 22.9. The molecule has 4 nitrogen and oxygen atoms in total. The first-order chi connectivity index (χ1) is 8.18. The Morgan fingerprint density at radius 2 is 2.00 bits per heavy atom. The van der Waals surface area contributed by atoms with Gasteiger partial charge in [0.15, 0.2) is 0 Å². The number of rotatable bonds is 4. The fraction of sp³-hybridized carbons (Fsp3) is 0.833. The van der Waals surface area contributed by atoms with Crippen LogP contribution < -0.4 is 5.32 Å². The molecule has 0 radical (unpaired) electrons. The quantitative estimate of drug-likeness (QED) is 0.798. The van der Waals surface area contributed by atoms with Gasteiger partial charge < -0.3 is 10.4 Å². The van der Waals surface area contributed by atoms with Crippen molar-refractivity contribution in [2.24, 2.45) is 17.8 Å². The lowest BCUT2D eigenvalue weighted by Crippen LogP contribution is -2.37. The minimum absolute atomic E-state index is 0.0493. The summed E-state index contributed by atoms with van der Waals surface area (Å²) >= 11 is 1.93. The molecule has 0 bridgehead atoms. The van der Waals surface area contributed by atoms with Gasteiger partial charge in [-0.2, -0.15) is 11.8 Å². The Morgan fingerprint density at radius 1 is 1.24 bits per heavy atom.